The SMILES string of the molecule is CC(C)(C)c1ccc(OC[C@@H](O)CNC(=O)c2ccc(Cl)cc2)cc1. The molecule has 0 fully saturated rings. The molecule has 2 rings (SSSR count). The van der Waals surface area contributed by atoms with Gasteiger partial charge in [-0.2, -0.15) is 0 Å². The van der Waals surface area contributed by atoms with Gasteiger partial charge in [0.2, 0.25) is 0 Å². The van der Waals surface area contributed by atoms with Gasteiger partial charge in [0, 0.05) is 17.1 Å². The second-order valence-electron chi connectivity index (χ2n) is 6.96. The fourth-order valence-electron chi connectivity index (χ4n) is 2.22. The summed E-state index contributed by atoms with van der Waals surface area (Å²) < 4.78 is 5.57. The number of amides is 1. The number of carbonyl (C=O) groups is 1. The summed E-state index contributed by atoms with van der Waals surface area (Å²) in [7, 11) is 0. The maximum Gasteiger partial charge on any atom is 0.251 e. The summed E-state index contributed by atoms with van der Waals surface area (Å²) >= 11 is 5.79. The average molecular weight is 362 g/mol. The number of hydrogen-bond donors (Lipinski definition) is 2. The van der Waals surface area contributed by atoms with E-state index in [4.69, 9.17) is 16.3 Å². The summed E-state index contributed by atoms with van der Waals surface area (Å²) in [6.45, 7) is 6.67. The van der Waals surface area contributed by atoms with E-state index in [1.807, 2.05) is 24.3 Å². The highest BCUT2D eigenvalue weighted by atomic mass is 35.5. The van der Waals surface area contributed by atoms with E-state index in [2.05, 4.69) is 26.1 Å². The standard InChI is InChI=1S/C20H24ClNO3/c1-20(2,3)15-6-10-18(11-7-15)25-13-17(23)12-22-19(24)14-4-8-16(21)9-5-14/h4-11,17,23H,12-13H2,1-3H3,(H,22,24)/t17-/m0/s1. The van der Waals surface area contributed by atoms with E-state index in [1.54, 1.807) is 24.3 Å². The van der Waals surface area contributed by atoms with E-state index >= 15 is 0 Å². The van der Waals surface area contributed by atoms with Crippen molar-refractivity contribution in [1.29, 1.82) is 0 Å². The van der Waals surface area contributed by atoms with Gasteiger partial charge in [-0.25, -0.2) is 0 Å². The van der Waals surface area contributed by atoms with Crippen LogP contribution < -0.4 is 10.1 Å². The van der Waals surface area contributed by atoms with Gasteiger partial charge in [-0.1, -0.05) is 44.5 Å². The number of nitrogens with one attached hydrogen (secondary N) is 1. The molecule has 0 saturated carbocycles. The first-order valence-corrected chi connectivity index (χ1v) is 8.58. The molecular formula is C20H24ClNO3. The van der Waals surface area contributed by atoms with Crippen LogP contribution in [0.25, 0.3) is 0 Å². The molecule has 2 aromatic rings. The second-order valence-corrected chi connectivity index (χ2v) is 7.39. The molecule has 0 unspecified atom stereocenters. The maximum atomic E-state index is 12.0. The van der Waals surface area contributed by atoms with E-state index in [9.17, 15) is 9.90 Å². The summed E-state index contributed by atoms with van der Waals surface area (Å²) in [5.41, 5.74) is 1.80. The summed E-state index contributed by atoms with van der Waals surface area (Å²) in [4.78, 5) is 12.0. The number of rotatable bonds is 6. The highest BCUT2D eigenvalue weighted by molar-refractivity contribution is 6.30. The second kappa shape index (κ2) is 8.37. The molecule has 2 aromatic carbocycles. The Morgan fingerprint density at radius 3 is 2.28 bits per heavy atom. The highest BCUT2D eigenvalue weighted by Crippen LogP contribution is 2.24. The van der Waals surface area contributed by atoms with Crippen LogP contribution in [0, 0.1) is 0 Å². The van der Waals surface area contributed by atoms with Crippen molar-refractivity contribution in [2.75, 3.05) is 13.2 Å². The van der Waals surface area contributed by atoms with Crippen molar-refractivity contribution in [1.82, 2.24) is 5.32 Å². The van der Waals surface area contributed by atoms with Gasteiger partial charge < -0.3 is 15.2 Å². The van der Waals surface area contributed by atoms with E-state index in [1.165, 1.54) is 5.56 Å². The number of aliphatic hydroxyl groups excluding tert-OH is 1. The van der Waals surface area contributed by atoms with Crippen LogP contribution >= 0.6 is 11.6 Å². The molecule has 0 heterocycles. The smallest absolute Gasteiger partial charge is 0.251 e. The number of ether oxygens (including phenoxy) is 1. The Morgan fingerprint density at radius 1 is 1.12 bits per heavy atom. The molecule has 5 heteroatoms. The van der Waals surface area contributed by atoms with E-state index in [-0.39, 0.29) is 24.5 Å². The fourth-order valence-corrected chi connectivity index (χ4v) is 2.34. The van der Waals surface area contributed by atoms with Crippen LogP contribution in [0.2, 0.25) is 5.02 Å². The van der Waals surface area contributed by atoms with Crippen LogP contribution in [0.4, 0.5) is 0 Å². The Bertz CT molecular complexity index is 690. The first-order valence-electron chi connectivity index (χ1n) is 8.21. The van der Waals surface area contributed by atoms with Gasteiger partial charge in [-0.3, -0.25) is 4.79 Å². The third-order valence-corrected chi connectivity index (χ3v) is 4.02. The normalized spacial score (nSPS) is 12.5. The van der Waals surface area contributed by atoms with Crippen molar-refractivity contribution >= 4 is 17.5 Å². The van der Waals surface area contributed by atoms with Crippen molar-refractivity contribution in [2.45, 2.75) is 32.3 Å². The van der Waals surface area contributed by atoms with E-state index in [0.717, 1.165) is 0 Å². The Kier molecular flexibility index (Phi) is 6.45. The average Bonchev–Trinajstić information content (AvgIpc) is 2.58. The number of hydrogen-bond acceptors (Lipinski definition) is 3. The first-order chi connectivity index (χ1) is 11.8. The molecule has 1 atom stereocenters. The topological polar surface area (TPSA) is 58.6 Å². The van der Waals surface area contributed by atoms with Crippen molar-refractivity contribution in [3.8, 4) is 5.75 Å². The Balaban J connectivity index is 1.77. The van der Waals surface area contributed by atoms with Gasteiger partial charge in [0.1, 0.15) is 18.5 Å². The van der Waals surface area contributed by atoms with Gasteiger partial charge in [0.15, 0.2) is 0 Å². The Labute approximate surface area is 153 Å². The minimum absolute atomic E-state index is 0.0873. The lowest BCUT2D eigenvalue weighted by atomic mass is 9.87. The van der Waals surface area contributed by atoms with E-state index in [0.29, 0.717) is 16.3 Å². The third kappa shape index (κ3) is 6.07. The van der Waals surface area contributed by atoms with Gasteiger partial charge in [0.05, 0.1) is 0 Å². The molecule has 0 saturated heterocycles. The summed E-state index contributed by atoms with van der Waals surface area (Å²) in [6.07, 6.45) is -0.793. The maximum absolute atomic E-state index is 12.0. The third-order valence-electron chi connectivity index (χ3n) is 3.77. The molecule has 0 bridgehead atoms. The molecule has 25 heavy (non-hydrogen) atoms. The summed E-state index contributed by atoms with van der Waals surface area (Å²) in [5, 5.41) is 13.2. The van der Waals surface area contributed by atoms with Crippen LogP contribution in [0.15, 0.2) is 48.5 Å². The number of aliphatic hydroxyl groups is 1. The molecule has 4 nitrogen and oxygen atoms in total. The number of benzene rings is 2. The first kappa shape index (κ1) is 19.3. The molecule has 0 aliphatic carbocycles. The van der Waals surface area contributed by atoms with Gasteiger partial charge in [-0.15, -0.1) is 0 Å². The lowest BCUT2D eigenvalue weighted by Gasteiger charge is -2.19. The van der Waals surface area contributed by atoms with Crippen LogP contribution in [0.5, 0.6) is 5.75 Å². The zero-order valence-corrected chi connectivity index (χ0v) is 15.5. The van der Waals surface area contributed by atoms with Gasteiger partial charge in [0.25, 0.3) is 5.91 Å². The number of carbonyl (C=O) groups excluding carboxylic acids is 1. The monoisotopic (exact) mass is 361 g/mol. The van der Waals surface area contributed by atoms with Crippen LogP contribution in [0.1, 0.15) is 36.7 Å². The quantitative estimate of drug-likeness (QED) is 0.822. The Hall–Kier alpha value is -2.04. The van der Waals surface area contributed by atoms with Crippen molar-refractivity contribution < 1.29 is 14.6 Å². The zero-order chi connectivity index (χ0) is 18.4. The van der Waals surface area contributed by atoms with Crippen LogP contribution in [-0.4, -0.2) is 30.3 Å². The molecular weight excluding hydrogens is 338 g/mol. The van der Waals surface area contributed by atoms with Crippen LogP contribution in [0.3, 0.4) is 0 Å². The molecule has 0 aromatic heterocycles. The highest BCUT2D eigenvalue weighted by Gasteiger charge is 2.14. The molecule has 134 valence electrons. The molecule has 0 radical (unpaired) electrons. The molecule has 1 amide bonds. The lowest BCUT2D eigenvalue weighted by Crippen LogP contribution is -2.35. The van der Waals surface area contributed by atoms with Crippen molar-refractivity contribution in [2.24, 2.45) is 0 Å². The zero-order valence-electron chi connectivity index (χ0n) is 14.8. The number of halogens is 1. The predicted octanol–water partition coefficient (Wildman–Crippen LogP) is 3.81. The largest absolute Gasteiger partial charge is 0.491 e. The molecule has 0 aliphatic heterocycles. The fraction of sp³-hybridized carbons (Fsp3) is 0.350. The van der Waals surface area contributed by atoms with Crippen molar-refractivity contribution in [3.63, 3.8) is 0 Å². The van der Waals surface area contributed by atoms with Gasteiger partial charge >= 0.3 is 0 Å². The summed E-state index contributed by atoms with van der Waals surface area (Å²) in [6, 6.07) is 14.4. The predicted molar refractivity (Wildman–Crippen MR) is 100 cm³/mol. The Morgan fingerprint density at radius 2 is 1.72 bits per heavy atom. The molecule has 0 aliphatic rings. The minimum Gasteiger partial charge on any atom is -0.491 e. The summed E-state index contributed by atoms with van der Waals surface area (Å²) in [5.74, 6) is 0.432. The lowest BCUT2D eigenvalue weighted by molar-refractivity contribution is 0.0843. The van der Waals surface area contributed by atoms with E-state index < -0.39 is 6.10 Å². The minimum atomic E-state index is -0.793. The van der Waals surface area contributed by atoms with Crippen molar-refractivity contribution in [3.05, 3.63) is 64.7 Å². The van der Waals surface area contributed by atoms with Crippen LogP contribution in [-0.2, 0) is 5.41 Å². The molecule has 0 spiro atoms. The van der Waals surface area contributed by atoms with Gasteiger partial charge in [-0.05, 0) is 47.4 Å². The molecule has 2 N–H and O–H groups in total.